The summed E-state index contributed by atoms with van der Waals surface area (Å²) in [4.78, 5) is 26.9. The first-order valence-electron chi connectivity index (χ1n) is 8.08. The Morgan fingerprint density at radius 1 is 1.41 bits per heavy atom. The number of rotatable bonds is 5. The lowest BCUT2D eigenvalue weighted by atomic mass is 9.97. The van der Waals surface area contributed by atoms with Gasteiger partial charge in [0.1, 0.15) is 0 Å². The van der Waals surface area contributed by atoms with E-state index < -0.39 is 0 Å². The number of likely N-dealkylation sites (N-methyl/N-ethyl adjacent to an activating group) is 1. The van der Waals surface area contributed by atoms with Crippen LogP contribution in [-0.2, 0) is 16.0 Å². The Balaban J connectivity index is 2.50. The molecule has 0 bridgehead atoms. The second-order valence-electron chi connectivity index (χ2n) is 6.08. The lowest BCUT2D eigenvalue weighted by Crippen LogP contribution is -2.51. The van der Waals surface area contributed by atoms with E-state index in [1.165, 1.54) is 5.56 Å². The van der Waals surface area contributed by atoms with Gasteiger partial charge >= 0.3 is 0 Å². The van der Waals surface area contributed by atoms with Gasteiger partial charge in [-0.2, -0.15) is 0 Å². The highest BCUT2D eigenvalue weighted by Gasteiger charge is 2.38. The highest BCUT2D eigenvalue weighted by molar-refractivity contribution is 5.90. The average Bonchev–Trinajstić information content (AvgIpc) is 2.61. The molecule has 1 aliphatic heterocycles. The van der Waals surface area contributed by atoms with Crippen LogP contribution >= 0.6 is 0 Å². The van der Waals surface area contributed by atoms with Crippen molar-refractivity contribution >= 4 is 11.7 Å². The van der Waals surface area contributed by atoms with Crippen molar-refractivity contribution < 1.29 is 9.59 Å². The number of hydrogen-bond donors (Lipinski definition) is 1. The van der Waals surface area contributed by atoms with Crippen LogP contribution in [0.5, 0.6) is 0 Å². The van der Waals surface area contributed by atoms with Crippen LogP contribution in [0.4, 0.5) is 0 Å². The van der Waals surface area contributed by atoms with E-state index in [0.29, 0.717) is 12.8 Å². The van der Waals surface area contributed by atoms with Crippen LogP contribution in [0.25, 0.3) is 0 Å². The van der Waals surface area contributed by atoms with Gasteiger partial charge in [0.25, 0.3) is 0 Å². The third-order valence-electron chi connectivity index (χ3n) is 4.61. The van der Waals surface area contributed by atoms with Crippen LogP contribution in [0.1, 0.15) is 50.8 Å². The molecule has 4 nitrogen and oxygen atoms in total. The van der Waals surface area contributed by atoms with Crippen molar-refractivity contribution in [3.8, 4) is 0 Å². The van der Waals surface area contributed by atoms with Gasteiger partial charge in [-0.15, -0.1) is 0 Å². The fourth-order valence-corrected chi connectivity index (χ4v) is 3.42. The smallest absolute Gasteiger partial charge is 0.241 e. The van der Waals surface area contributed by atoms with E-state index in [2.05, 4.69) is 17.4 Å². The lowest BCUT2D eigenvalue weighted by Gasteiger charge is -2.36. The van der Waals surface area contributed by atoms with Crippen LogP contribution in [-0.4, -0.2) is 35.7 Å². The quantitative estimate of drug-likeness (QED) is 0.909. The van der Waals surface area contributed by atoms with Gasteiger partial charge in [0, 0.05) is 0 Å². The molecule has 0 aromatic heterocycles. The molecule has 0 saturated carbocycles. The molecule has 0 fully saturated rings. The average molecular weight is 302 g/mol. The summed E-state index contributed by atoms with van der Waals surface area (Å²) < 4.78 is 0. The largest absolute Gasteiger partial charge is 0.325 e. The first kappa shape index (κ1) is 16.7. The van der Waals surface area contributed by atoms with Crippen molar-refractivity contribution in [2.24, 2.45) is 0 Å². The number of nitrogens with zero attached hydrogens (tertiary/aromatic N) is 1. The van der Waals surface area contributed by atoms with Gasteiger partial charge in [0.05, 0.1) is 18.1 Å². The zero-order chi connectivity index (χ0) is 16.3. The van der Waals surface area contributed by atoms with Crippen molar-refractivity contribution in [1.82, 2.24) is 10.2 Å². The van der Waals surface area contributed by atoms with Crippen LogP contribution in [0.2, 0.25) is 0 Å². The summed E-state index contributed by atoms with van der Waals surface area (Å²) in [5, 5.41) is 3.12. The molecule has 4 heteroatoms. The van der Waals surface area contributed by atoms with Crippen LogP contribution < -0.4 is 5.32 Å². The van der Waals surface area contributed by atoms with Crippen molar-refractivity contribution in [3.05, 3.63) is 35.4 Å². The molecule has 0 saturated heterocycles. The fraction of sp³-hybridized carbons (Fsp3) is 0.556. The molecule has 2 rings (SSSR count). The molecule has 1 amide bonds. The summed E-state index contributed by atoms with van der Waals surface area (Å²) in [7, 11) is 1.81. The molecule has 0 aliphatic carbocycles. The Kier molecular flexibility index (Phi) is 5.35. The third kappa shape index (κ3) is 3.07. The fourth-order valence-electron chi connectivity index (χ4n) is 3.42. The molecular formula is C18H26N2O2. The highest BCUT2D eigenvalue weighted by atomic mass is 16.2. The molecule has 1 aliphatic rings. The van der Waals surface area contributed by atoms with Gasteiger partial charge in [-0.25, -0.2) is 0 Å². The topological polar surface area (TPSA) is 49.4 Å². The minimum Gasteiger partial charge on any atom is -0.325 e. The Labute approximate surface area is 132 Å². The van der Waals surface area contributed by atoms with Gasteiger partial charge in [-0.3, -0.25) is 9.59 Å². The van der Waals surface area contributed by atoms with Gasteiger partial charge in [0.2, 0.25) is 5.91 Å². The normalized spacial score (nSPS) is 22.9. The van der Waals surface area contributed by atoms with E-state index in [4.69, 9.17) is 0 Å². The number of fused-ring (bicyclic) bond motifs is 1. The standard InChI is InChI=1S/C18H26N2O2/c1-5-8-17(13(3)21)20-12(2)15-10-7-6-9-14(15)11-16(19-4)18(20)22/h6-7,9-10,12,16-17,19H,5,8,11H2,1-4H3. The Bertz CT molecular complexity index is 556. The Hall–Kier alpha value is -1.68. The molecule has 1 aromatic carbocycles. The number of carbonyl (C=O) groups excluding carboxylic acids is 2. The van der Waals surface area contributed by atoms with E-state index in [-0.39, 0.29) is 29.8 Å². The summed E-state index contributed by atoms with van der Waals surface area (Å²) in [5.74, 6) is 0.0936. The number of nitrogens with one attached hydrogen (secondary N) is 1. The maximum atomic E-state index is 13.0. The van der Waals surface area contributed by atoms with Crippen LogP contribution in [0, 0.1) is 0 Å². The predicted octanol–water partition coefficient (Wildman–Crippen LogP) is 2.48. The molecule has 0 spiro atoms. The molecule has 22 heavy (non-hydrogen) atoms. The molecule has 1 N–H and O–H groups in total. The minimum absolute atomic E-state index is 0.0276. The minimum atomic E-state index is -0.338. The SMILES string of the molecule is CCCC(C(C)=O)N1C(=O)C(NC)Cc2ccccc2C1C. The lowest BCUT2D eigenvalue weighted by molar-refractivity contribution is -0.143. The zero-order valence-corrected chi connectivity index (χ0v) is 13.9. The highest BCUT2D eigenvalue weighted by Crippen LogP contribution is 2.32. The van der Waals surface area contributed by atoms with E-state index in [1.807, 2.05) is 33.0 Å². The van der Waals surface area contributed by atoms with Gasteiger partial charge in [-0.05, 0) is 44.9 Å². The van der Waals surface area contributed by atoms with Gasteiger partial charge < -0.3 is 10.2 Å². The zero-order valence-electron chi connectivity index (χ0n) is 13.9. The van der Waals surface area contributed by atoms with Gasteiger partial charge in [-0.1, -0.05) is 37.6 Å². The number of benzene rings is 1. The number of ketones is 1. The van der Waals surface area contributed by atoms with Gasteiger partial charge in [0.15, 0.2) is 5.78 Å². The second kappa shape index (κ2) is 7.05. The van der Waals surface area contributed by atoms with Crippen LogP contribution in [0.3, 0.4) is 0 Å². The van der Waals surface area contributed by atoms with E-state index in [9.17, 15) is 9.59 Å². The molecular weight excluding hydrogens is 276 g/mol. The number of hydrogen-bond acceptors (Lipinski definition) is 3. The maximum Gasteiger partial charge on any atom is 0.241 e. The van der Waals surface area contributed by atoms with E-state index in [0.717, 1.165) is 12.0 Å². The monoisotopic (exact) mass is 302 g/mol. The van der Waals surface area contributed by atoms with Crippen molar-refractivity contribution in [2.45, 2.75) is 58.2 Å². The van der Waals surface area contributed by atoms with Crippen molar-refractivity contribution in [1.29, 1.82) is 0 Å². The summed E-state index contributed by atoms with van der Waals surface area (Å²) in [6.45, 7) is 5.66. The number of amides is 1. The first-order chi connectivity index (χ1) is 10.5. The van der Waals surface area contributed by atoms with E-state index >= 15 is 0 Å². The predicted molar refractivity (Wildman–Crippen MR) is 87.6 cm³/mol. The summed E-state index contributed by atoms with van der Waals surface area (Å²) in [5.41, 5.74) is 2.33. The van der Waals surface area contributed by atoms with Crippen LogP contribution in [0.15, 0.2) is 24.3 Å². The molecule has 1 aromatic rings. The summed E-state index contributed by atoms with van der Waals surface area (Å²) in [6.07, 6.45) is 2.26. The summed E-state index contributed by atoms with van der Waals surface area (Å²) in [6, 6.07) is 7.46. The molecule has 3 unspecified atom stereocenters. The van der Waals surface area contributed by atoms with E-state index in [1.54, 1.807) is 11.8 Å². The Morgan fingerprint density at radius 3 is 2.68 bits per heavy atom. The third-order valence-corrected chi connectivity index (χ3v) is 4.61. The van der Waals surface area contributed by atoms with Crippen molar-refractivity contribution in [2.75, 3.05) is 7.05 Å². The maximum absolute atomic E-state index is 13.0. The molecule has 3 atom stereocenters. The first-order valence-corrected chi connectivity index (χ1v) is 8.08. The summed E-state index contributed by atoms with van der Waals surface area (Å²) >= 11 is 0. The molecule has 1 heterocycles. The number of carbonyl (C=O) groups is 2. The molecule has 0 radical (unpaired) electrons. The number of Topliss-reactive ketones (excluding diaryl/α,β-unsaturated/α-hetero) is 1. The second-order valence-corrected chi connectivity index (χ2v) is 6.08. The van der Waals surface area contributed by atoms with Crippen molar-refractivity contribution in [3.63, 3.8) is 0 Å². The molecule has 120 valence electrons. The Morgan fingerprint density at radius 2 is 2.09 bits per heavy atom.